The molecule has 1 aromatic heterocycles. The molecule has 2 amide bonds. The van der Waals surface area contributed by atoms with E-state index in [9.17, 15) is 9.59 Å². The van der Waals surface area contributed by atoms with Gasteiger partial charge in [-0.25, -0.2) is 0 Å². The number of rotatable bonds is 9. The van der Waals surface area contributed by atoms with Gasteiger partial charge in [0.1, 0.15) is 0 Å². The van der Waals surface area contributed by atoms with Crippen molar-refractivity contribution in [1.82, 2.24) is 20.1 Å². The third-order valence-corrected chi connectivity index (χ3v) is 6.19. The molecule has 4 aromatic rings. The molecule has 36 heavy (non-hydrogen) atoms. The molecule has 182 valence electrons. The summed E-state index contributed by atoms with van der Waals surface area (Å²) in [6.45, 7) is 2.20. The summed E-state index contributed by atoms with van der Waals surface area (Å²) >= 11 is 1.27. The number of carbonyl (C=O) groups is 2. The SMILES string of the molecule is Cc1ccc(C(=O)NCc2nnc(SCC(=O)Nc3ccc(N=Nc4ccccc4)cc3)n2C)cc1. The molecule has 9 nitrogen and oxygen atoms in total. The van der Waals surface area contributed by atoms with Crippen molar-refractivity contribution >= 4 is 40.6 Å². The summed E-state index contributed by atoms with van der Waals surface area (Å²) in [5, 5.41) is 22.9. The number of hydrogen-bond acceptors (Lipinski definition) is 7. The maximum absolute atomic E-state index is 12.4. The van der Waals surface area contributed by atoms with Gasteiger partial charge in [-0.2, -0.15) is 10.2 Å². The van der Waals surface area contributed by atoms with Gasteiger partial charge in [-0.1, -0.05) is 47.7 Å². The van der Waals surface area contributed by atoms with Crippen LogP contribution in [0.3, 0.4) is 0 Å². The third-order valence-electron chi connectivity index (χ3n) is 5.17. The van der Waals surface area contributed by atoms with Gasteiger partial charge in [-0.05, 0) is 55.5 Å². The van der Waals surface area contributed by atoms with E-state index in [0.29, 0.717) is 27.9 Å². The van der Waals surface area contributed by atoms with Crippen molar-refractivity contribution in [3.63, 3.8) is 0 Å². The van der Waals surface area contributed by atoms with Crippen LogP contribution in [0.4, 0.5) is 17.1 Å². The van der Waals surface area contributed by atoms with Crippen molar-refractivity contribution in [2.24, 2.45) is 17.3 Å². The first-order chi connectivity index (χ1) is 17.5. The van der Waals surface area contributed by atoms with Gasteiger partial charge in [-0.3, -0.25) is 9.59 Å². The Hall–Kier alpha value is -4.31. The van der Waals surface area contributed by atoms with Crippen molar-refractivity contribution in [2.45, 2.75) is 18.6 Å². The fourth-order valence-corrected chi connectivity index (χ4v) is 3.87. The van der Waals surface area contributed by atoms with Crippen molar-refractivity contribution < 1.29 is 9.59 Å². The molecule has 0 aliphatic heterocycles. The molecular weight excluding hydrogens is 474 g/mol. The fraction of sp³-hybridized carbons (Fsp3) is 0.154. The highest BCUT2D eigenvalue weighted by Crippen LogP contribution is 2.21. The maximum atomic E-state index is 12.4. The number of aryl methyl sites for hydroxylation is 1. The van der Waals surface area contributed by atoms with Gasteiger partial charge in [0.2, 0.25) is 5.91 Å². The van der Waals surface area contributed by atoms with Crippen LogP contribution in [-0.2, 0) is 18.4 Å². The van der Waals surface area contributed by atoms with E-state index >= 15 is 0 Å². The van der Waals surface area contributed by atoms with Crippen LogP contribution in [0.1, 0.15) is 21.7 Å². The lowest BCUT2D eigenvalue weighted by Crippen LogP contribution is -2.24. The van der Waals surface area contributed by atoms with E-state index in [1.54, 1.807) is 48.0 Å². The van der Waals surface area contributed by atoms with Gasteiger partial charge in [0.15, 0.2) is 11.0 Å². The zero-order valence-electron chi connectivity index (χ0n) is 19.9. The van der Waals surface area contributed by atoms with Crippen LogP contribution in [0.25, 0.3) is 0 Å². The summed E-state index contributed by atoms with van der Waals surface area (Å²) in [6, 6.07) is 23.9. The summed E-state index contributed by atoms with van der Waals surface area (Å²) in [5.41, 5.74) is 3.80. The van der Waals surface area contributed by atoms with Crippen LogP contribution < -0.4 is 10.6 Å². The number of azo groups is 1. The predicted molar refractivity (Wildman–Crippen MR) is 140 cm³/mol. The van der Waals surface area contributed by atoms with Gasteiger partial charge in [0, 0.05) is 18.3 Å². The Labute approximate surface area is 213 Å². The molecule has 4 rings (SSSR count). The van der Waals surface area contributed by atoms with Crippen molar-refractivity contribution in [3.8, 4) is 0 Å². The topological polar surface area (TPSA) is 114 Å². The summed E-state index contributed by atoms with van der Waals surface area (Å²) in [7, 11) is 1.80. The second kappa shape index (κ2) is 11.9. The van der Waals surface area contributed by atoms with E-state index in [1.165, 1.54) is 11.8 Å². The van der Waals surface area contributed by atoms with Crippen LogP contribution in [-0.4, -0.2) is 32.3 Å². The molecule has 0 spiro atoms. The Morgan fingerprint density at radius 2 is 1.56 bits per heavy atom. The molecule has 0 bridgehead atoms. The van der Waals surface area contributed by atoms with Gasteiger partial charge < -0.3 is 15.2 Å². The number of benzene rings is 3. The van der Waals surface area contributed by atoms with E-state index in [-0.39, 0.29) is 24.1 Å². The number of nitrogens with one attached hydrogen (secondary N) is 2. The standard InChI is InChI=1S/C26H25N7O2S/c1-18-8-10-19(11-9-18)25(35)27-16-23-31-32-26(33(23)2)36-17-24(34)28-20-12-14-22(15-13-20)30-29-21-6-4-3-5-7-21/h3-15H,16-17H2,1-2H3,(H,27,35)(H,28,34). The highest BCUT2D eigenvalue weighted by Gasteiger charge is 2.13. The predicted octanol–water partition coefficient (Wildman–Crippen LogP) is 5.20. The highest BCUT2D eigenvalue weighted by atomic mass is 32.2. The molecule has 0 saturated heterocycles. The molecule has 0 radical (unpaired) electrons. The van der Waals surface area contributed by atoms with Gasteiger partial charge in [0.05, 0.1) is 23.7 Å². The Morgan fingerprint density at radius 3 is 2.25 bits per heavy atom. The number of hydrogen-bond donors (Lipinski definition) is 2. The largest absolute Gasteiger partial charge is 0.345 e. The smallest absolute Gasteiger partial charge is 0.251 e. The van der Waals surface area contributed by atoms with Crippen LogP contribution in [0.5, 0.6) is 0 Å². The van der Waals surface area contributed by atoms with Crippen LogP contribution in [0.15, 0.2) is 94.2 Å². The molecule has 0 aliphatic rings. The first-order valence-electron chi connectivity index (χ1n) is 11.2. The quantitative estimate of drug-likeness (QED) is 0.243. The molecular formula is C26H25N7O2S. The van der Waals surface area contributed by atoms with Gasteiger partial charge in [0.25, 0.3) is 5.91 Å². The minimum atomic E-state index is -0.181. The highest BCUT2D eigenvalue weighted by molar-refractivity contribution is 7.99. The Balaban J connectivity index is 1.24. The second-order valence-electron chi connectivity index (χ2n) is 7.93. The summed E-state index contributed by atoms with van der Waals surface area (Å²) in [4.78, 5) is 24.7. The lowest BCUT2D eigenvalue weighted by atomic mass is 10.1. The Kier molecular flexibility index (Phi) is 8.20. The second-order valence-corrected chi connectivity index (χ2v) is 8.87. The number of carbonyl (C=O) groups excluding carboxylic acids is 2. The van der Waals surface area contributed by atoms with E-state index in [1.807, 2.05) is 49.4 Å². The molecule has 3 aromatic carbocycles. The zero-order chi connectivity index (χ0) is 25.3. The number of nitrogens with zero attached hydrogens (tertiary/aromatic N) is 5. The van der Waals surface area contributed by atoms with Gasteiger partial charge >= 0.3 is 0 Å². The molecule has 0 atom stereocenters. The van der Waals surface area contributed by atoms with E-state index in [4.69, 9.17) is 0 Å². The third kappa shape index (κ3) is 6.86. The number of aromatic nitrogens is 3. The molecule has 0 unspecified atom stereocenters. The van der Waals surface area contributed by atoms with Crippen molar-refractivity contribution in [3.05, 3.63) is 95.8 Å². The molecule has 0 saturated carbocycles. The average molecular weight is 500 g/mol. The van der Waals surface area contributed by atoms with Crippen LogP contribution >= 0.6 is 11.8 Å². The molecule has 0 aliphatic carbocycles. The Bertz CT molecular complexity index is 1350. The summed E-state index contributed by atoms with van der Waals surface area (Å²) in [5.74, 6) is 0.408. The summed E-state index contributed by atoms with van der Waals surface area (Å²) in [6.07, 6.45) is 0. The van der Waals surface area contributed by atoms with E-state index in [2.05, 4.69) is 31.1 Å². The van der Waals surface area contributed by atoms with E-state index in [0.717, 1.165) is 11.3 Å². The Morgan fingerprint density at radius 1 is 0.889 bits per heavy atom. The van der Waals surface area contributed by atoms with Crippen molar-refractivity contribution in [1.29, 1.82) is 0 Å². The number of anilines is 1. The molecule has 1 heterocycles. The first kappa shape index (κ1) is 24.8. The number of amides is 2. The van der Waals surface area contributed by atoms with Crippen molar-refractivity contribution in [2.75, 3.05) is 11.1 Å². The van der Waals surface area contributed by atoms with Gasteiger partial charge in [-0.15, -0.1) is 10.2 Å². The maximum Gasteiger partial charge on any atom is 0.251 e. The number of thioether (sulfide) groups is 1. The summed E-state index contributed by atoms with van der Waals surface area (Å²) < 4.78 is 1.76. The monoisotopic (exact) mass is 499 g/mol. The minimum absolute atomic E-state index is 0.164. The molecule has 0 fully saturated rings. The zero-order valence-corrected chi connectivity index (χ0v) is 20.7. The normalized spacial score (nSPS) is 10.9. The average Bonchev–Trinajstić information content (AvgIpc) is 3.25. The first-order valence-corrected chi connectivity index (χ1v) is 12.2. The molecule has 2 N–H and O–H groups in total. The van der Waals surface area contributed by atoms with E-state index < -0.39 is 0 Å². The fourth-order valence-electron chi connectivity index (χ4n) is 3.14. The van der Waals surface area contributed by atoms with Crippen LogP contribution in [0.2, 0.25) is 0 Å². The minimum Gasteiger partial charge on any atom is -0.345 e. The lowest BCUT2D eigenvalue weighted by Gasteiger charge is -2.07. The lowest BCUT2D eigenvalue weighted by molar-refractivity contribution is -0.113. The molecule has 10 heteroatoms. The van der Waals surface area contributed by atoms with Crippen LogP contribution in [0, 0.1) is 6.92 Å².